The van der Waals surface area contributed by atoms with Gasteiger partial charge in [0, 0.05) is 18.2 Å². The van der Waals surface area contributed by atoms with Crippen LogP contribution in [-0.2, 0) is 12.1 Å². The summed E-state index contributed by atoms with van der Waals surface area (Å²) in [6, 6.07) is 18.6. The topological polar surface area (TPSA) is 125 Å². The maximum absolute atomic E-state index is 13.1. The number of nitrogens with zero attached hydrogens (tertiary/aromatic N) is 2. The van der Waals surface area contributed by atoms with Crippen LogP contribution in [0.1, 0.15) is 58.9 Å². The number of rotatable bonds is 8. The van der Waals surface area contributed by atoms with Crippen LogP contribution < -0.4 is 16.0 Å². The molecule has 0 saturated carbocycles. The number of anilines is 1. The standard InChI is InChI=1S/C27H29N5O4S/c1-16(2)28-15-17-10-12-18(13-11-17)23(33)29-22-20-14-21(37-25(20)32(31-22)26(35)36)24(34)30-27(3,4)19-8-6-5-7-9-19/h5-14,16,28H,15H2,1-4H3,(H,30,34)(H,35,36)(H,29,31,33). The number of hydrogen-bond acceptors (Lipinski definition) is 6. The van der Waals surface area contributed by atoms with E-state index < -0.39 is 17.5 Å². The molecule has 37 heavy (non-hydrogen) atoms. The van der Waals surface area contributed by atoms with Gasteiger partial charge < -0.3 is 21.1 Å². The van der Waals surface area contributed by atoms with Crippen molar-refractivity contribution in [1.29, 1.82) is 0 Å². The average molecular weight is 520 g/mol. The summed E-state index contributed by atoms with van der Waals surface area (Å²) in [5.41, 5.74) is 1.72. The molecule has 2 heterocycles. The highest BCUT2D eigenvalue weighted by Gasteiger charge is 2.27. The Hall–Kier alpha value is -4.02. The minimum Gasteiger partial charge on any atom is -0.463 e. The summed E-state index contributed by atoms with van der Waals surface area (Å²) in [5.74, 6) is -0.705. The van der Waals surface area contributed by atoms with Gasteiger partial charge in [0.15, 0.2) is 5.82 Å². The molecule has 0 aliphatic rings. The van der Waals surface area contributed by atoms with Gasteiger partial charge in [-0.3, -0.25) is 9.59 Å². The van der Waals surface area contributed by atoms with Crippen LogP contribution in [0.4, 0.5) is 10.6 Å². The number of carbonyl (C=O) groups is 3. The molecule has 10 heteroatoms. The lowest BCUT2D eigenvalue weighted by molar-refractivity contribution is 0.0915. The molecule has 0 fully saturated rings. The van der Waals surface area contributed by atoms with E-state index in [0.29, 0.717) is 28.4 Å². The minimum atomic E-state index is -1.31. The van der Waals surface area contributed by atoms with E-state index in [1.165, 1.54) is 0 Å². The highest BCUT2D eigenvalue weighted by molar-refractivity contribution is 7.20. The molecule has 0 saturated heterocycles. The number of thiophene rings is 1. The molecule has 0 radical (unpaired) electrons. The molecule has 192 valence electrons. The second kappa shape index (κ2) is 10.5. The SMILES string of the molecule is CC(C)NCc1ccc(C(=O)Nc2nn(C(=O)O)c3sc(C(=O)NC(C)(C)c4ccccc4)cc23)cc1. The van der Waals surface area contributed by atoms with Crippen molar-refractivity contribution in [2.75, 3.05) is 5.32 Å². The first kappa shape index (κ1) is 26.1. The normalized spacial score (nSPS) is 11.6. The van der Waals surface area contributed by atoms with Crippen LogP contribution in [0.25, 0.3) is 10.2 Å². The van der Waals surface area contributed by atoms with Gasteiger partial charge in [0.1, 0.15) is 4.83 Å². The molecule has 2 aromatic heterocycles. The summed E-state index contributed by atoms with van der Waals surface area (Å²) >= 11 is 0.999. The third-order valence-corrected chi connectivity index (χ3v) is 6.96. The average Bonchev–Trinajstić information content (AvgIpc) is 3.44. The van der Waals surface area contributed by atoms with E-state index in [0.717, 1.165) is 27.1 Å². The highest BCUT2D eigenvalue weighted by atomic mass is 32.1. The number of aromatic nitrogens is 2. The Morgan fingerprint density at radius 2 is 1.70 bits per heavy atom. The third kappa shape index (κ3) is 5.87. The third-order valence-electron chi connectivity index (χ3n) is 5.85. The fourth-order valence-electron chi connectivity index (χ4n) is 3.79. The summed E-state index contributed by atoms with van der Waals surface area (Å²) in [5, 5.41) is 23.1. The summed E-state index contributed by atoms with van der Waals surface area (Å²) in [6.07, 6.45) is -1.31. The van der Waals surface area contributed by atoms with E-state index in [4.69, 9.17) is 0 Å². The number of benzene rings is 2. The Balaban J connectivity index is 1.57. The molecule has 0 aliphatic carbocycles. The van der Waals surface area contributed by atoms with Gasteiger partial charge in [-0.05, 0) is 43.2 Å². The van der Waals surface area contributed by atoms with Crippen molar-refractivity contribution in [3.05, 3.63) is 82.2 Å². The Labute approximate surface area is 218 Å². The van der Waals surface area contributed by atoms with Crippen LogP contribution in [0, 0.1) is 0 Å². The molecule has 4 rings (SSSR count). The van der Waals surface area contributed by atoms with E-state index in [1.807, 2.05) is 56.3 Å². The number of hydrogen-bond donors (Lipinski definition) is 4. The smallest absolute Gasteiger partial charge is 0.433 e. The van der Waals surface area contributed by atoms with E-state index in [2.05, 4.69) is 34.9 Å². The molecule has 4 aromatic rings. The monoisotopic (exact) mass is 519 g/mol. The molecule has 0 atom stereocenters. The van der Waals surface area contributed by atoms with Crippen molar-refractivity contribution in [3.8, 4) is 0 Å². The maximum atomic E-state index is 13.1. The number of carboxylic acid groups (broad SMARTS) is 1. The van der Waals surface area contributed by atoms with Gasteiger partial charge in [-0.15, -0.1) is 16.4 Å². The molecule has 4 N–H and O–H groups in total. The minimum absolute atomic E-state index is 0.0746. The lowest BCUT2D eigenvalue weighted by Gasteiger charge is -2.26. The Morgan fingerprint density at radius 3 is 2.32 bits per heavy atom. The van der Waals surface area contributed by atoms with Crippen LogP contribution in [0.3, 0.4) is 0 Å². The second-order valence-corrected chi connectivity index (χ2v) is 10.5. The lowest BCUT2D eigenvalue weighted by atomic mass is 9.94. The molecular weight excluding hydrogens is 490 g/mol. The highest BCUT2D eigenvalue weighted by Crippen LogP contribution is 2.32. The fourth-order valence-corrected chi connectivity index (χ4v) is 4.79. The summed E-state index contributed by atoms with van der Waals surface area (Å²) < 4.78 is 0.773. The van der Waals surface area contributed by atoms with Gasteiger partial charge >= 0.3 is 6.09 Å². The summed E-state index contributed by atoms with van der Waals surface area (Å²) in [6.45, 7) is 8.58. The van der Waals surface area contributed by atoms with Crippen LogP contribution in [0.2, 0.25) is 0 Å². The molecule has 2 amide bonds. The van der Waals surface area contributed by atoms with Crippen molar-refractivity contribution in [2.24, 2.45) is 0 Å². The zero-order chi connectivity index (χ0) is 26.7. The van der Waals surface area contributed by atoms with Crippen LogP contribution >= 0.6 is 11.3 Å². The second-order valence-electron chi connectivity index (χ2n) is 9.50. The first-order chi connectivity index (χ1) is 17.5. The number of amides is 2. The maximum Gasteiger partial charge on any atom is 0.433 e. The van der Waals surface area contributed by atoms with Crippen molar-refractivity contribution >= 4 is 45.3 Å². The first-order valence-corrected chi connectivity index (χ1v) is 12.6. The largest absolute Gasteiger partial charge is 0.463 e. The Morgan fingerprint density at radius 1 is 1.03 bits per heavy atom. The van der Waals surface area contributed by atoms with Gasteiger partial charge in [-0.1, -0.05) is 56.3 Å². The molecule has 0 bridgehead atoms. The quantitative estimate of drug-likeness (QED) is 0.258. The van der Waals surface area contributed by atoms with Gasteiger partial charge in [-0.2, -0.15) is 4.68 Å². The van der Waals surface area contributed by atoms with E-state index in [-0.39, 0.29) is 16.6 Å². The zero-order valence-corrected chi connectivity index (χ0v) is 21.8. The first-order valence-electron chi connectivity index (χ1n) is 11.8. The number of carbonyl (C=O) groups excluding carboxylic acids is 2. The molecule has 0 unspecified atom stereocenters. The molecule has 0 aliphatic heterocycles. The summed E-state index contributed by atoms with van der Waals surface area (Å²) in [4.78, 5) is 38.4. The van der Waals surface area contributed by atoms with Crippen LogP contribution in [-0.4, -0.2) is 38.8 Å². The Bertz CT molecular complexity index is 1440. The summed E-state index contributed by atoms with van der Waals surface area (Å²) in [7, 11) is 0. The predicted octanol–water partition coefficient (Wildman–Crippen LogP) is 5.04. The Kier molecular flexibility index (Phi) is 7.42. The van der Waals surface area contributed by atoms with Crippen LogP contribution in [0.15, 0.2) is 60.7 Å². The number of nitrogens with one attached hydrogen (secondary N) is 3. The fraction of sp³-hybridized carbons (Fsp3) is 0.259. The van der Waals surface area contributed by atoms with Gasteiger partial charge in [0.05, 0.1) is 15.8 Å². The predicted molar refractivity (Wildman–Crippen MR) is 144 cm³/mol. The van der Waals surface area contributed by atoms with Crippen molar-refractivity contribution < 1.29 is 19.5 Å². The molecule has 0 spiro atoms. The number of fused-ring (bicyclic) bond motifs is 1. The van der Waals surface area contributed by atoms with Crippen molar-refractivity contribution in [3.63, 3.8) is 0 Å². The van der Waals surface area contributed by atoms with Crippen LogP contribution in [0.5, 0.6) is 0 Å². The zero-order valence-electron chi connectivity index (χ0n) is 21.0. The van der Waals surface area contributed by atoms with Gasteiger partial charge in [-0.25, -0.2) is 4.79 Å². The van der Waals surface area contributed by atoms with E-state index >= 15 is 0 Å². The molecular formula is C27H29N5O4S. The van der Waals surface area contributed by atoms with Crippen molar-refractivity contribution in [1.82, 2.24) is 20.4 Å². The van der Waals surface area contributed by atoms with Crippen molar-refractivity contribution in [2.45, 2.75) is 45.8 Å². The molecule has 2 aromatic carbocycles. The molecule has 9 nitrogen and oxygen atoms in total. The van der Waals surface area contributed by atoms with Gasteiger partial charge in [0.25, 0.3) is 11.8 Å². The van der Waals surface area contributed by atoms with E-state index in [1.54, 1.807) is 18.2 Å². The lowest BCUT2D eigenvalue weighted by Crippen LogP contribution is -2.40. The van der Waals surface area contributed by atoms with E-state index in [9.17, 15) is 19.5 Å². The van der Waals surface area contributed by atoms with Gasteiger partial charge in [0.2, 0.25) is 0 Å².